The van der Waals surface area contributed by atoms with E-state index < -0.39 is 8.32 Å². The maximum Gasteiger partial charge on any atom is 0.272 e. The van der Waals surface area contributed by atoms with Crippen LogP contribution in [0.5, 0.6) is 0 Å². The minimum Gasteiger partial charge on any atom is -0.500 e. The van der Waals surface area contributed by atoms with Crippen LogP contribution >= 0.6 is 0 Å². The lowest BCUT2D eigenvalue weighted by Gasteiger charge is -2.39. The number of rotatable bonds is 6. The molecule has 0 aliphatic rings. The molecule has 2 atom stereocenters. The Hall–Kier alpha value is -0.683. The van der Waals surface area contributed by atoms with Crippen molar-refractivity contribution in [3.05, 3.63) is 12.2 Å². The highest BCUT2D eigenvalue weighted by atomic mass is 28.4. The van der Waals surface area contributed by atoms with E-state index in [2.05, 4.69) is 80.9 Å². The van der Waals surface area contributed by atoms with Crippen molar-refractivity contribution in [2.45, 2.75) is 78.9 Å². The molecule has 0 aliphatic carbocycles. The minimum atomic E-state index is -1.85. The van der Waals surface area contributed by atoms with Gasteiger partial charge in [-0.15, -0.1) is 0 Å². The lowest BCUT2D eigenvalue weighted by atomic mass is 9.91. The Morgan fingerprint density at radius 3 is 1.60 bits per heavy atom. The highest BCUT2D eigenvalue weighted by Crippen LogP contribution is 2.41. The molecule has 0 N–H and O–H groups in total. The number of hydrogen-bond acceptors (Lipinski definition) is 1. The molecule has 0 aromatic rings. The summed E-state index contributed by atoms with van der Waals surface area (Å²) in [5.74, 6) is 4.00. The average molecular weight is 295 g/mol. The second-order valence-corrected chi connectivity index (χ2v) is 12.5. The molecule has 20 heavy (non-hydrogen) atoms. The van der Waals surface area contributed by atoms with Crippen molar-refractivity contribution in [1.82, 2.24) is 0 Å². The van der Waals surface area contributed by atoms with Gasteiger partial charge < -0.3 is 4.43 Å². The zero-order chi connectivity index (χ0) is 16.1. The van der Waals surface area contributed by atoms with Crippen molar-refractivity contribution in [1.29, 1.82) is 0 Å². The Balaban J connectivity index is 5.11. The lowest BCUT2D eigenvalue weighted by molar-refractivity contribution is 0.442. The van der Waals surface area contributed by atoms with Gasteiger partial charge in [-0.05, 0) is 29.5 Å². The van der Waals surface area contributed by atoms with Crippen molar-refractivity contribution in [3.63, 3.8) is 0 Å². The van der Waals surface area contributed by atoms with Crippen LogP contribution in [0, 0.1) is 23.9 Å². The van der Waals surface area contributed by atoms with Gasteiger partial charge in [-0.2, -0.15) is 0 Å². The summed E-state index contributed by atoms with van der Waals surface area (Å²) in [6.07, 6.45) is 3.08. The first-order chi connectivity index (χ1) is 9.07. The van der Waals surface area contributed by atoms with E-state index in [1.54, 1.807) is 0 Å². The van der Waals surface area contributed by atoms with Crippen molar-refractivity contribution in [2.75, 3.05) is 0 Å². The van der Waals surface area contributed by atoms with E-state index in [4.69, 9.17) is 4.43 Å². The van der Waals surface area contributed by atoms with Crippen LogP contribution in [0.15, 0.2) is 12.2 Å². The van der Waals surface area contributed by atoms with Crippen LogP contribution in [0.25, 0.3) is 0 Å². The third-order valence-corrected chi connectivity index (χ3v) is 10.6. The molecular formula is C18H34OSi. The fourth-order valence-electron chi connectivity index (χ4n) is 3.12. The van der Waals surface area contributed by atoms with E-state index in [0.717, 1.165) is 0 Å². The van der Waals surface area contributed by atoms with E-state index in [0.29, 0.717) is 28.5 Å². The highest BCUT2D eigenvalue weighted by molar-refractivity contribution is 6.77. The zero-order valence-corrected chi connectivity index (χ0v) is 16.0. The van der Waals surface area contributed by atoms with Gasteiger partial charge in [0.15, 0.2) is 0 Å². The molecule has 0 aromatic heterocycles. The van der Waals surface area contributed by atoms with Gasteiger partial charge in [0.25, 0.3) is 8.32 Å². The Labute approximate surface area is 128 Å². The smallest absolute Gasteiger partial charge is 0.272 e. The monoisotopic (exact) mass is 294 g/mol. The molecule has 0 saturated heterocycles. The van der Waals surface area contributed by atoms with Crippen LogP contribution in [-0.4, -0.2) is 8.32 Å². The van der Waals surface area contributed by atoms with Crippen molar-refractivity contribution in [2.24, 2.45) is 11.8 Å². The predicted molar refractivity (Wildman–Crippen MR) is 93.1 cm³/mol. The Morgan fingerprint density at radius 1 is 0.900 bits per heavy atom. The zero-order valence-electron chi connectivity index (χ0n) is 15.0. The third kappa shape index (κ3) is 4.41. The van der Waals surface area contributed by atoms with Crippen LogP contribution < -0.4 is 0 Å². The topological polar surface area (TPSA) is 9.23 Å². The summed E-state index contributed by atoms with van der Waals surface area (Å²) in [7, 11) is -1.85. The summed E-state index contributed by atoms with van der Waals surface area (Å²) in [6, 6.07) is 0. The largest absolute Gasteiger partial charge is 0.500 e. The van der Waals surface area contributed by atoms with Gasteiger partial charge in [0.05, 0.1) is 6.11 Å². The number of hydrogen-bond donors (Lipinski definition) is 0. The van der Waals surface area contributed by atoms with Crippen molar-refractivity contribution >= 4 is 8.32 Å². The molecule has 1 nitrogen and oxygen atoms in total. The van der Waals surface area contributed by atoms with Crippen LogP contribution in [0.4, 0.5) is 0 Å². The highest BCUT2D eigenvalue weighted by Gasteiger charge is 2.46. The van der Waals surface area contributed by atoms with E-state index in [1.807, 2.05) is 0 Å². The molecule has 0 amide bonds. The predicted octanol–water partition coefficient (Wildman–Crippen LogP) is 5.99. The van der Waals surface area contributed by atoms with Crippen LogP contribution in [0.1, 0.15) is 62.3 Å². The summed E-state index contributed by atoms with van der Waals surface area (Å²) in [5, 5.41) is 0. The van der Waals surface area contributed by atoms with E-state index in [9.17, 15) is 0 Å². The maximum atomic E-state index is 6.26. The molecule has 0 radical (unpaired) electrons. The molecular weight excluding hydrogens is 260 g/mol. The summed E-state index contributed by atoms with van der Waals surface area (Å²) in [5.41, 5.74) is 2.91. The first kappa shape index (κ1) is 19.3. The standard InChI is InChI=1S/C18H34OSi/c1-13(2)18(10)17(9)11-12-19-20(14(3)4,15(5)6)16(7)8/h14-18H,1H2,2-10H3/t17-,18-/m0/s1. The molecule has 0 rings (SSSR count). The lowest BCUT2D eigenvalue weighted by Crippen LogP contribution is -2.46. The summed E-state index contributed by atoms with van der Waals surface area (Å²) >= 11 is 0. The van der Waals surface area contributed by atoms with Gasteiger partial charge in [0.2, 0.25) is 0 Å². The van der Waals surface area contributed by atoms with Gasteiger partial charge in [0.1, 0.15) is 0 Å². The molecule has 2 heteroatoms. The molecule has 0 saturated carbocycles. The average Bonchev–Trinajstić information content (AvgIpc) is 2.31. The normalized spacial score (nSPS) is 15.0. The molecule has 0 aromatic carbocycles. The minimum absolute atomic E-state index is 0.297. The summed E-state index contributed by atoms with van der Waals surface area (Å²) in [6.45, 7) is 24.1. The second kappa shape index (κ2) is 7.93. The molecule has 0 unspecified atom stereocenters. The van der Waals surface area contributed by atoms with Gasteiger partial charge in [-0.3, -0.25) is 0 Å². The Bertz CT molecular complexity index is 349. The second-order valence-electron chi connectivity index (χ2n) is 7.09. The van der Waals surface area contributed by atoms with Gasteiger partial charge in [-0.25, -0.2) is 0 Å². The van der Waals surface area contributed by atoms with Crippen LogP contribution in [0.3, 0.4) is 0 Å². The summed E-state index contributed by atoms with van der Waals surface area (Å²) in [4.78, 5) is 0. The molecule has 116 valence electrons. The Kier molecular flexibility index (Phi) is 7.66. The molecule has 0 heterocycles. The molecule has 0 bridgehead atoms. The van der Waals surface area contributed by atoms with Gasteiger partial charge in [0, 0.05) is 5.92 Å². The van der Waals surface area contributed by atoms with E-state index in [-0.39, 0.29) is 0 Å². The van der Waals surface area contributed by atoms with E-state index in [1.165, 1.54) is 5.57 Å². The SMILES string of the molecule is C=C(C)[C@H](C)[C@@H](C)C#CO[Si](C(C)C)(C(C)C)C(C)C. The maximum absolute atomic E-state index is 6.26. The molecule has 0 spiro atoms. The van der Waals surface area contributed by atoms with Gasteiger partial charge >= 0.3 is 0 Å². The van der Waals surface area contributed by atoms with Crippen molar-refractivity contribution < 1.29 is 4.43 Å². The summed E-state index contributed by atoms with van der Waals surface area (Å²) < 4.78 is 6.26. The third-order valence-electron chi connectivity index (χ3n) is 4.75. The quantitative estimate of drug-likeness (QED) is 0.332. The van der Waals surface area contributed by atoms with Crippen LogP contribution in [-0.2, 0) is 4.43 Å². The first-order valence-electron chi connectivity index (χ1n) is 7.91. The fourth-order valence-corrected chi connectivity index (χ4v) is 8.06. The van der Waals surface area contributed by atoms with Gasteiger partial charge in [-0.1, -0.05) is 73.5 Å². The fraction of sp³-hybridized carbons (Fsp3) is 0.778. The van der Waals surface area contributed by atoms with Crippen LogP contribution in [0.2, 0.25) is 16.6 Å². The van der Waals surface area contributed by atoms with E-state index >= 15 is 0 Å². The van der Waals surface area contributed by atoms with Crippen molar-refractivity contribution in [3.8, 4) is 12.0 Å². The number of allylic oxidation sites excluding steroid dienone is 1. The molecule has 0 aliphatic heterocycles. The first-order valence-corrected chi connectivity index (χ1v) is 10.0. The Morgan fingerprint density at radius 2 is 1.30 bits per heavy atom. The molecule has 0 fully saturated rings.